The van der Waals surface area contributed by atoms with E-state index in [1.165, 1.54) is 5.71 Å². The summed E-state index contributed by atoms with van der Waals surface area (Å²) in [4.78, 5) is 5.53. The molecular weight excluding hydrogens is 346 g/mol. The Morgan fingerprint density at radius 2 is 1.81 bits per heavy atom. The Kier molecular flexibility index (Phi) is 7.91. The van der Waals surface area contributed by atoms with Gasteiger partial charge in [-0.2, -0.15) is 5.10 Å². The van der Waals surface area contributed by atoms with Gasteiger partial charge in [0.1, 0.15) is 11.5 Å². The second kappa shape index (κ2) is 10.2. The van der Waals surface area contributed by atoms with Gasteiger partial charge < -0.3 is 9.47 Å². The highest BCUT2D eigenvalue weighted by Gasteiger charge is 2.14. The minimum atomic E-state index is 0.728. The topological polar surface area (TPSA) is 48.1 Å². The Labute approximate surface area is 160 Å². The molecule has 142 valence electrons. The first kappa shape index (κ1) is 20.2. The minimum Gasteiger partial charge on any atom is -0.497 e. The Morgan fingerprint density at radius 3 is 2.38 bits per heavy atom. The van der Waals surface area contributed by atoms with E-state index in [2.05, 4.69) is 24.2 Å². The lowest BCUT2D eigenvalue weighted by Gasteiger charge is -2.12. The van der Waals surface area contributed by atoms with Crippen LogP contribution in [0.15, 0.2) is 33.7 Å². The molecule has 0 atom stereocenters. The lowest BCUT2D eigenvalue weighted by atomic mass is 10.1. The molecule has 26 heavy (non-hydrogen) atoms. The van der Waals surface area contributed by atoms with Gasteiger partial charge in [-0.1, -0.05) is 26.7 Å². The van der Waals surface area contributed by atoms with E-state index in [0.29, 0.717) is 0 Å². The summed E-state index contributed by atoms with van der Waals surface area (Å²) in [6.45, 7) is 7.15. The molecule has 0 aliphatic carbocycles. The van der Waals surface area contributed by atoms with Gasteiger partial charge in [0, 0.05) is 29.3 Å². The summed E-state index contributed by atoms with van der Waals surface area (Å²) < 4.78 is 12.9. The SMILES string of the molecule is CCCC(CCC)=Nn1c(-c2ccc(OC)cc2OC)csc1=NCC. The Morgan fingerprint density at radius 1 is 1.08 bits per heavy atom. The molecule has 6 heteroatoms. The van der Waals surface area contributed by atoms with E-state index in [4.69, 9.17) is 14.6 Å². The largest absolute Gasteiger partial charge is 0.497 e. The van der Waals surface area contributed by atoms with Crippen LogP contribution in [0.3, 0.4) is 0 Å². The molecule has 5 nitrogen and oxygen atoms in total. The second-order valence-electron chi connectivity index (χ2n) is 5.92. The third-order valence-corrected chi connectivity index (χ3v) is 4.84. The predicted molar refractivity (Wildman–Crippen MR) is 110 cm³/mol. The maximum Gasteiger partial charge on any atom is 0.206 e. The number of hydrogen-bond donors (Lipinski definition) is 0. The maximum atomic E-state index is 5.60. The van der Waals surface area contributed by atoms with E-state index in [9.17, 15) is 0 Å². The van der Waals surface area contributed by atoms with Gasteiger partial charge in [-0.3, -0.25) is 4.99 Å². The van der Waals surface area contributed by atoms with Crippen molar-refractivity contribution in [2.75, 3.05) is 20.8 Å². The highest BCUT2D eigenvalue weighted by atomic mass is 32.1. The third-order valence-electron chi connectivity index (χ3n) is 3.98. The maximum absolute atomic E-state index is 5.60. The van der Waals surface area contributed by atoms with Crippen LogP contribution in [-0.4, -0.2) is 31.2 Å². The fourth-order valence-corrected chi connectivity index (χ4v) is 3.67. The summed E-state index contributed by atoms with van der Waals surface area (Å²) in [5, 5.41) is 7.07. The minimum absolute atomic E-state index is 0.728. The zero-order chi connectivity index (χ0) is 18.9. The van der Waals surface area contributed by atoms with Crippen molar-refractivity contribution < 1.29 is 9.47 Å². The predicted octanol–water partition coefficient (Wildman–Crippen LogP) is 4.96. The fraction of sp³-hybridized carbons (Fsp3) is 0.500. The van der Waals surface area contributed by atoms with Crippen LogP contribution in [0.4, 0.5) is 0 Å². The number of thiazole rings is 1. The summed E-state index contributed by atoms with van der Waals surface area (Å²) in [6, 6.07) is 5.86. The van der Waals surface area contributed by atoms with Gasteiger partial charge in [0.05, 0.1) is 19.9 Å². The van der Waals surface area contributed by atoms with Gasteiger partial charge in [0.15, 0.2) is 0 Å². The quantitative estimate of drug-likeness (QED) is 0.582. The first-order valence-electron chi connectivity index (χ1n) is 9.18. The van der Waals surface area contributed by atoms with Crippen LogP contribution in [0.2, 0.25) is 0 Å². The van der Waals surface area contributed by atoms with Crippen LogP contribution >= 0.6 is 11.3 Å². The standard InChI is InChI=1S/C20H29N3O2S/c1-6-9-15(10-7-2)22-23-18(14-26-20(23)21-8-3)17-12-11-16(24-4)13-19(17)25-5/h11-14H,6-10H2,1-5H3. The molecule has 0 N–H and O–H groups in total. The number of ether oxygens (including phenoxy) is 2. The monoisotopic (exact) mass is 375 g/mol. The number of methoxy groups -OCH3 is 2. The number of nitrogens with zero attached hydrogens (tertiary/aromatic N) is 3. The first-order chi connectivity index (χ1) is 12.7. The fourth-order valence-electron chi connectivity index (χ4n) is 2.78. The van der Waals surface area contributed by atoms with Crippen molar-refractivity contribution in [3.05, 3.63) is 28.4 Å². The molecule has 0 radical (unpaired) electrons. The van der Waals surface area contributed by atoms with Crippen LogP contribution in [0.1, 0.15) is 46.5 Å². The number of aromatic nitrogens is 1. The molecule has 0 aliphatic rings. The summed E-state index contributed by atoms with van der Waals surface area (Å²) in [6.07, 6.45) is 4.18. The first-order valence-corrected chi connectivity index (χ1v) is 10.1. The smallest absolute Gasteiger partial charge is 0.206 e. The molecule has 0 saturated heterocycles. The van der Waals surface area contributed by atoms with E-state index in [-0.39, 0.29) is 0 Å². The van der Waals surface area contributed by atoms with Crippen molar-refractivity contribution in [1.29, 1.82) is 0 Å². The second-order valence-corrected chi connectivity index (χ2v) is 6.76. The Bertz CT molecular complexity index is 798. The molecule has 0 fully saturated rings. The lowest BCUT2D eigenvalue weighted by molar-refractivity contribution is 0.395. The van der Waals surface area contributed by atoms with E-state index >= 15 is 0 Å². The van der Waals surface area contributed by atoms with Crippen molar-refractivity contribution >= 4 is 17.0 Å². The molecule has 0 bridgehead atoms. The Balaban J connectivity index is 2.64. The van der Waals surface area contributed by atoms with E-state index in [1.807, 2.05) is 29.8 Å². The van der Waals surface area contributed by atoms with Gasteiger partial charge in [-0.15, -0.1) is 11.3 Å². The van der Waals surface area contributed by atoms with Crippen molar-refractivity contribution in [3.8, 4) is 22.8 Å². The molecule has 1 heterocycles. The van der Waals surface area contributed by atoms with Crippen LogP contribution in [-0.2, 0) is 0 Å². The average Bonchev–Trinajstić information content (AvgIpc) is 3.04. The lowest BCUT2D eigenvalue weighted by Crippen LogP contribution is -2.15. The van der Waals surface area contributed by atoms with Crippen LogP contribution < -0.4 is 14.3 Å². The Hall–Kier alpha value is -2.08. The van der Waals surface area contributed by atoms with Gasteiger partial charge in [-0.05, 0) is 31.9 Å². The molecule has 1 aromatic heterocycles. The number of benzene rings is 1. The van der Waals surface area contributed by atoms with E-state index in [1.54, 1.807) is 25.6 Å². The van der Waals surface area contributed by atoms with Gasteiger partial charge >= 0.3 is 0 Å². The van der Waals surface area contributed by atoms with E-state index in [0.717, 1.165) is 59.8 Å². The van der Waals surface area contributed by atoms with E-state index < -0.39 is 0 Å². The molecule has 2 aromatic rings. The van der Waals surface area contributed by atoms with Crippen molar-refractivity contribution in [3.63, 3.8) is 0 Å². The number of hydrogen-bond acceptors (Lipinski definition) is 5. The summed E-state index contributed by atoms with van der Waals surface area (Å²) >= 11 is 1.61. The van der Waals surface area contributed by atoms with Crippen molar-refractivity contribution in [1.82, 2.24) is 4.68 Å². The third kappa shape index (κ3) is 4.75. The zero-order valence-electron chi connectivity index (χ0n) is 16.4. The molecule has 0 unspecified atom stereocenters. The van der Waals surface area contributed by atoms with Gasteiger partial charge in [-0.25, -0.2) is 4.68 Å². The molecule has 0 saturated carbocycles. The normalized spacial score (nSPS) is 11.5. The zero-order valence-corrected chi connectivity index (χ0v) is 17.2. The van der Waals surface area contributed by atoms with Crippen molar-refractivity contribution in [2.45, 2.75) is 46.5 Å². The molecule has 0 spiro atoms. The summed E-state index contributed by atoms with van der Waals surface area (Å²) in [5.74, 6) is 1.54. The summed E-state index contributed by atoms with van der Waals surface area (Å²) in [5.41, 5.74) is 3.18. The van der Waals surface area contributed by atoms with Crippen LogP contribution in [0.25, 0.3) is 11.3 Å². The van der Waals surface area contributed by atoms with Crippen molar-refractivity contribution in [2.24, 2.45) is 10.1 Å². The highest BCUT2D eigenvalue weighted by Crippen LogP contribution is 2.33. The summed E-state index contributed by atoms with van der Waals surface area (Å²) in [7, 11) is 3.33. The van der Waals surface area contributed by atoms with Gasteiger partial charge in [0.25, 0.3) is 0 Å². The number of rotatable bonds is 9. The highest BCUT2D eigenvalue weighted by molar-refractivity contribution is 7.07. The average molecular weight is 376 g/mol. The molecule has 0 aliphatic heterocycles. The molecular formula is C20H29N3O2S. The van der Waals surface area contributed by atoms with Crippen LogP contribution in [0, 0.1) is 0 Å². The molecule has 2 rings (SSSR count). The van der Waals surface area contributed by atoms with Gasteiger partial charge in [0.2, 0.25) is 4.80 Å². The molecule has 0 amide bonds. The molecule has 1 aromatic carbocycles. The van der Waals surface area contributed by atoms with Crippen LogP contribution in [0.5, 0.6) is 11.5 Å².